The molecule has 6 rings (SSSR count). The lowest BCUT2D eigenvalue weighted by Gasteiger charge is -2.12. The van der Waals surface area contributed by atoms with Gasteiger partial charge in [-0.15, -0.1) is 0 Å². The van der Waals surface area contributed by atoms with Crippen LogP contribution in [0.15, 0.2) is 127 Å². The Morgan fingerprint density at radius 2 is 0.810 bits per heavy atom. The molecule has 6 aromatic carbocycles. The third kappa shape index (κ3) is 13.8. The second-order valence-electron chi connectivity index (χ2n) is 13.6. The average Bonchev–Trinajstić information content (AvgIpc) is 3.34. The van der Waals surface area contributed by atoms with Crippen LogP contribution in [0.5, 0.6) is 34.5 Å². The van der Waals surface area contributed by atoms with Crippen molar-refractivity contribution in [2.24, 2.45) is 0 Å². The van der Waals surface area contributed by atoms with Gasteiger partial charge in [0.1, 0.15) is 45.6 Å². The van der Waals surface area contributed by atoms with Gasteiger partial charge in [0.15, 0.2) is 0 Å². The van der Waals surface area contributed by atoms with Gasteiger partial charge < -0.3 is 42.6 Å². The third-order valence-corrected chi connectivity index (χ3v) is 9.75. The molecule has 0 unspecified atom stereocenters. The second kappa shape index (κ2) is 24.7. The van der Waals surface area contributed by atoms with Crippen LogP contribution in [-0.2, 0) is 33.5 Å². The number of para-hydroxylation sites is 1. The zero-order chi connectivity index (χ0) is 45.7. The molecular weight excluding hydrogens is 805 g/mol. The number of ether oxygens (including phenoxy) is 9. The van der Waals surface area contributed by atoms with Gasteiger partial charge in [-0.2, -0.15) is 0 Å². The molecule has 0 aliphatic rings. The van der Waals surface area contributed by atoms with E-state index in [1.807, 2.05) is 91.0 Å². The Labute approximate surface area is 369 Å². The fourth-order valence-electron chi connectivity index (χ4n) is 6.44. The molecule has 0 saturated heterocycles. The van der Waals surface area contributed by atoms with Gasteiger partial charge in [-0.3, -0.25) is 0 Å². The summed E-state index contributed by atoms with van der Waals surface area (Å²) in [5.74, 6) is 3.12. The van der Waals surface area contributed by atoms with Gasteiger partial charge in [0.05, 0.1) is 69.6 Å². The van der Waals surface area contributed by atoms with Gasteiger partial charge in [0, 0.05) is 12.8 Å². The van der Waals surface area contributed by atoms with Gasteiger partial charge >= 0.3 is 17.9 Å². The van der Waals surface area contributed by atoms with Gasteiger partial charge in [-0.25, -0.2) is 14.4 Å². The Morgan fingerprint density at radius 3 is 1.27 bits per heavy atom. The summed E-state index contributed by atoms with van der Waals surface area (Å²) in [5.41, 5.74) is 7.63. The van der Waals surface area contributed by atoms with Crippen LogP contribution in [0.3, 0.4) is 0 Å². The van der Waals surface area contributed by atoms with Crippen molar-refractivity contribution in [3.8, 4) is 34.5 Å². The summed E-state index contributed by atoms with van der Waals surface area (Å²) in [5, 5.41) is 0. The molecule has 0 aliphatic heterocycles. The summed E-state index contributed by atoms with van der Waals surface area (Å²) < 4.78 is 45.7. The van der Waals surface area contributed by atoms with Crippen LogP contribution < -0.4 is 28.4 Å². The minimum Gasteiger partial charge on any atom is -0.497 e. The van der Waals surface area contributed by atoms with Crippen LogP contribution in [0, 0.1) is 0 Å². The Morgan fingerprint density at radius 1 is 0.365 bits per heavy atom. The molecule has 0 heterocycles. The molecule has 0 bridgehead atoms. The molecule has 0 radical (unpaired) electrons. The van der Waals surface area contributed by atoms with E-state index in [1.54, 1.807) is 71.9 Å². The van der Waals surface area contributed by atoms with Crippen LogP contribution in [-0.4, -0.2) is 81.9 Å². The van der Waals surface area contributed by atoms with E-state index in [0.29, 0.717) is 41.0 Å². The van der Waals surface area contributed by atoms with E-state index in [-0.39, 0.29) is 5.97 Å². The van der Waals surface area contributed by atoms with Crippen molar-refractivity contribution in [3.63, 3.8) is 0 Å². The van der Waals surface area contributed by atoms with Gasteiger partial charge in [-0.05, 0) is 113 Å². The van der Waals surface area contributed by atoms with E-state index in [1.165, 1.54) is 28.4 Å². The topological polar surface area (TPSA) is 134 Å². The molecule has 12 nitrogen and oxygen atoms in total. The molecule has 0 aromatic heterocycles. The van der Waals surface area contributed by atoms with Crippen molar-refractivity contribution < 1.29 is 57.0 Å². The zero-order valence-electron chi connectivity index (χ0n) is 37.1. The Kier molecular flexibility index (Phi) is 18.9. The number of esters is 3. The standard InChI is InChI=1S/3C17H18O4/c1-19-15-7-4-12(5-8-15)10-14-11-13(17(18)21-3)6-9-16(14)20-2;1-19-14-7-4-12(5-8-14)10-13-6-9-16(20-2)15(11-13)17(18)21-3;1-19-14-9-7-12(8-10-14)11-13-5-4-6-15(16(13)20-2)17(18)21-3/h2*4-9,11H,10H2,1-3H3;4-10H,11H2,1-3H3. The van der Waals surface area contributed by atoms with Crippen molar-refractivity contribution >= 4 is 17.9 Å². The average molecular weight is 859 g/mol. The molecule has 0 saturated carbocycles. The molecular formula is C51H54O12. The summed E-state index contributed by atoms with van der Waals surface area (Å²) in [4.78, 5) is 35.1. The van der Waals surface area contributed by atoms with Crippen molar-refractivity contribution in [3.05, 3.63) is 177 Å². The highest BCUT2D eigenvalue weighted by Crippen LogP contribution is 2.28. The van der Waals surface area contributed by atoms with Crippen molar-refractivity contribution in [1.82, 2.24) is 0 Å². The monoisotopic (exact) mass is 858 g/mol. The number of rotatable bonds is 15. The molecule has 0 amide bonds. The molecule has 0 aliphatic carbocycles. The van der Waals surface area contributed by atoms with Gasteiger partial charge in [0.2, 0.25) is 0 Å². The van der Waals surface area contributed by atoms with E-state index in [0.717, 1.165) is 62.8 Å². The maximum absolute atomic E-state index is 11.8. The first kappa shape index (κ1) is 48.2. The number of carbonyl (C=O) groups excluding carboxylic acids is 3. The van der Waals surface area contributed by atoms with Crippen LogP contribution in [0.1, 0.15) is 64.5 Å². The maximum Gasteiger partial charge on any atom is 0.341 e. The summed E-state index contributed by atoms with van der Waals surface area (Å²) in [6.07, 6.45) is 2.05. The molecule has 0 atom stereocenters. The van der Waals surface area contributed by atoms with Crippen LogP contribution in [0.25, 0.3) is 0 Å². The van der Waals surface area contributed by atoms with E-state index in [4.69, 9.17) is 42.6 Å². The summed E-state index contributed by atoms with van der Waals surface area (Å²) in [6, 6.07) is 39.7. The number of carbonyl (C=O) groups is 3. The third-order valence-electron chi connectivity index (χ3n) is 9.75. The first-order valence-corrected chi connectivity index (χ1v) is 19.7. The lowest BCUT2D eigenvalue weighted by atomic mass is 10.0. The van der Waals surface area contributed by atoms with E-state index >= 15 is 0 Å². The number of benzene rings is 6. The molecule has 330 valence electrons. The molecule has 0 fully saturated rings. The highest BCUT2D eigenvalue weighted by atomic mass is 16.5. The zero-order valence-corrected chi connectivity index (χ0v) is 37.1. The molecule has 63 heavy (non-hydrogen) atoms. The quantitative estimate of drug-likeness (QED) is 0.0720. The first-order chi connectivity index (χ1) is 30.5. The predicted octanol–water partition coefficient (Wildman–Crippen LogP) is 9.24. The molecule has 0 spiro atoms. The van der Waals surface area contributed by atoms with E-state index < -0.39 is 11.9 Å². The van der Waals surface area contributed by atoms with Crippen molar-refractivity contribution in [1.29, 1.82) is 0 Å². The Balaban J connectivity index is 0.000000207. The van der Waals surface area contributed by atoms with Gasteiger partial charge in [-0.1, -0.05) is 54.6 Å². The minimum absolute atomic E-state index is 0.353. The summed E-state index contributed by atoms with van der Waals surface area (Å²) in [7, 11) is 13.7. The normalized spacial score (nSPS) is 10.0. The van der Waals surface area contributed by atoms with E-state index in [2.05, 4.69) is 0 Å². The Bertz CT molecular complexity index is 2330. The van der Waals surface area contributed by atoms with Crippen molar-refractivity contribution in [2.75, 3.05) is 64.0 Å². The highest BCUT2D eigenvalue weighted by Gasteiger charge is 2.17. The molecule has 6 aromatic rings. The molecule has 0 N–H and O–H groups in total. The largest absolute Gasteiger partial charge is 0.497 e. The molecule has 12 heteroatoms. The van der Waals surface area contributed by atoms with Gasteiger partial charge in [0.25, 0.3) is 0 Å². The first-order valence-electron chi connectivity index (χ1n) is 19.7. The number of hydrogen-bond donors (Lipinski definition) is 0. The number of hydrogen-bond acceptors (Lipinski definition) is 12. The van der Waals surface area contributed by atoms with Crippen LogP contribution in [0.4, 0.5) is 0 Å². The minimum atomic E-state index is -0.400. The predicted molar refractivity (Wildman–Crippen MR) is 240 cm³/mol. The van der Waals surface area contributed by atoms with Crippen molar-refractivity contribution in [2.45, 2.75) is 19.3 Å². The highest BCUT2D eigenvalue weighted by molar-refractivity contribution is 5.93. The fourth-order valence-corrected chi connectivity index (χ4v) is 6.44. The SMILES string of the molecule is COC(=O)c1cc(Cc2ccc(OC)cc2)ccc1OC.COC(=O)c1ccc(OC)c(Cc2ccc(OC)cc2)c1.COC(=O)c1cccc(Cc2ccc(OC)cc2)c1OC. The summed E-state index contributed by atoms with van der Waals surface area (Å²) in [6.45, 7) is 0. The smallest absolute Gasteiger partial charge is 0.341 e. The number of methoxy groups -OCH3 is 9. The van der Waals surface area contributed by atoms with Crippen LogP contribution in [0.2, 0.25) is 0 Å². The lowest BCUT2D eigenvalue weighted by molar-refractivity contribution is 0.0587. The summed E-state index contributed by atoms with van der Waals surface area (Å²) >= 11 is 0. The second-order valence-corrected chi connectivity index (χ2v) is 13.6. The Hall–Kier alpha value is -7.47. The maximum atomic E-state index is 11.8. The lowest BCUT2D eigenvalue weighted by Crippen LogP contribution is -2.06. The van der Waals surface area contributed by atoms with E-state index in [9.17, 15) is 14.4 Å². The van der Waals surface area contributed by atoms with Crippen LogP contribution >= 0.6 is 0 Å². The fraction of sp³-hybridized carbons (Fsp3) is 0.235.